The van der Waals surface area contributed by atoms with E-state index in [0.29, 0.717) is 35.8 Å². The lowest BCUT2D eigenvalue weighted by atomic mass is 9.94. The van der Waals surface area contributed by atoms with Gasteiger partial charge < -0.3 is 20.3 Å². The number of carboxylic acids is 1. The number of nitrogens with zero attached hydrogens (tertiary/aromatic N) is 1. The number of carboxylic acid groups (broad SMARTS) is 1. The Morgan fingerprint density at radius 3 is 2.42 bits per heavy atom. The lowest BCUT2D eigenvalue weighted by molar-refractivity contribution is 0.0691. The maximum atomic E-state index is 12.1. The van der Waals surface area contributed by atoms with Crippen LogP contribution in [0.5, 0.6) is 11.5 Å². The highest BCUT2D eigenvalue weighted by atomic mass is 32.1. The molecule has 4 aromatic rings. The van der Waals surface area contributed by atoms with E-state index in [1.165, 1.54) is 25.3 Å². The maximum Gasteiger partial charge on any atom is 0.355 e. The van der Waals surface area contributed by atoms with Crippen molar-refractivity contribution in [1.29, 1.82) is 0 Å². The second-order valence-electron chi connectivity index (χ2n) is 9.47. The first-order valence-corrected chi connectivity index (χ1v) is 14.3. The van der Waals surface area contributed by atoms with Crippen molar-refractivity contribution < 1.29 is 24.2 Å². The van der Waals surface area contributed by atoms with Crippen molar-refractivity contribution in [2.45, 2.75) is 53.2 Å². The van der Waals surface area contributed by atoms with E-state index >= 15 is 0 Å². The number of fused-ring (bicyclic) bond motifs is 3. The van der Waals surface area contributed by atoms with Crippen LogP contribution in [0.2, 0.25) is 0 Å². The maximum absolute atomic E-state index is 12.1. The standard InChI is InChI=1S/C28H24N2O5S.C4H10/c1-16(31)24-7-6-21(26(30-24)28(32)33)22-13-25-23(27-18(8-10-34-25)9-11-36-27)12-19(22)15-35-20-4-2-17(14-29)3-5-20;1-3-4-2/h2-7,9,11-13H,8,10,14-15,29H2,1H3,(H,32,33);3-4H2,1-2H3. The number of benzene rings is 2. The van der Waals surface area contributed by atoms with Gasteiger partial charge in [0.05, 0.1) is 6.61 Å². The number of carbonyl (C=O) groups is 2. The Balaban J connectivity index is 0.000000867. The number of aromatic nitrogens is 1. The van der Waals surface area contributed by atoms with Gasteiger partial charge in [-0.25, -0.2) is 9.78 Å². The lowest BCUT2D eigenvalue weighted by Crippen LogP contribution is -2.09. The van der Waals surface area contributed by atoms with Gasteiger partial charge in [0, 0.05) is 35.9 Å². The number of rotatable bonds is 8. The largest absolute Gasteiger partial charge is 0.493 e. The number of hydrogen-bond donors (Lipinski definition) is 2. The Bertz CT molecular complexity index is 1490. The number of thiophene rings is 1. The van der Waals surface area contributed by atoms with Crippen molar-refractivity contribution in [3.63, 3.8) is 0 Å². The molecule has 0 amide bonds. The molecule has 0 radical (unpaired) electrons. The number of pyridine rings is 1. The van der Waals surface area contributed by atoms with E-state index < -0.39 is 5.97 Å². The molecule has 7 nitrogen and oxygen atoms in total. The molecular weight excluding hydrogens is 524 g/mol. The first kappa shape index (κ1) is 29.0. The number of ether oxygens (including phenoxy) is 2. The minimum atomic E-state index is -1.21. The second-order valence-corrected chi connectivity index (χ2v) is 10.4. The topological polar surface area (TPSA) is 112 Å². The second kappa shape index (κ2) is 13.4. The minimum absolute atomic E-state index is 0.100. The predicted molar refractivity (Wildman–Crippen MR) is 158 cm³/mol. The Hall–Kier alpha value is -4.01. The molecule has 5 rings (SSSR count). The monoisotopic (exact) mass is 558 g/mol. The lowest BCUT2D eigenvalue weighted by Gasteiger charge is -2.17. The van der Waals surface area contributed by atoms with E-state index in [1.54, 1.807) is 23.5 Å². The normalized spacial score (nSPS) is 11.7. The van der Waals surface area contributed by atoms with E-state index in [-0.39, 0.29) is 23.8 Å². The van der Waals surface area contributed by atoms with Crippen LogP contribution in [0.25, 0.3) is 21.6 Å². The Kier molecular flexibility index (Phi) is 9.69. The predicted octanol–water partition coefficient (Wildman–Crippen LogP) is 7.16. The third kappa shape index (κ3) is 6.58. The van der Waals surface area contributed by atoms with Gasteiger partial charge in [-0.1, -0.05) is 38.8 Å². The summed E-state index contributed by atoms with van der Waals surface area (Å²) in [4.78, 5) is 29.3. The zero-order chi connectivity index (χ0) is 28.6. The summed E-state index contributed by atoms with van der Waals surface area (Å²) in [6.45, 7) is 6.88. The van der Waals surface area contributed by atoms with Gasteiger partial charge in [0.2, 0.25) is 0 Å². The van der Waals surface area contributed by atoms with Crippen LogP contribution in [0.4, 0.5) is 0 Å². The molecule has 0 unspecified atom stereocenters. The van der Waals surface area contributed by atoms with E-state index in [2.05, 4.69) is 30.3 Å². The molecule has 1 aliphatic rings. The number of nitrogens with two attached hydrogens (primary N) is 1. The third-order valence-corrected chi connectivity index (χ3v) is 7.62. The molecule has 8 heteroatoms. The number of Topliss-reactive ketones (excluding diaryl/α,β-unsaturated/α-hetero) is 1. The van der Waals surface area contributed by atoms with Crippen molar-refractivity contribution in [2.24, 2.45) is 5.73 Å². The number of carbonyl (C=O) groups excluding carboxylic acids is 1. The fourth-order valence-electron chi connectivity index (χ4n) is 4.25. The molecular formula is C32H34N2O5S. The molecule has 0 spiro atoms. The van der Waals surface area contributed by atoms with E-state index in [0.717, 1.165) is 28.0 Å². The van der Waals surface area contributed by atoms with E-state index in [9.17, 15) is 14.7 Å². The third-order valence-electron chi connectivity index (χ3n) is 6.63. The summed E-state index contributed by atoms with van der Waals surface area (Å²) in [6, 6.07) is 16.7. The van der Waals surface area contributed by atoms with Gasteiger partial charge in [-0.2, -0.15) is 0 Å². The number of ketones is 1. The molecule has 3 heterocycles. The van der Waals surface area contributed by atoms with Gasteiger partial charge in [-0.3, -0.25) is 4.79 Å². The van der Waals surface area contributed by atoms with Gasteiger partial charge >= 0.3 is 5.97 Å². The Morgan fingerprint density at radius 2 is 1.77 bits per heavy atom. The van der Waals surface area contributed by atoms with Crippen LogP contribution in [0.1, 0.15) is 71.3 Å². The van der Waals surface area contributed by atoms with Crippen LogP contribution in [0.3, 0.4) is 0 Å². The first-order chi connectivity index (χ1) is 19.4. The molecule has 208 valence electrons. The molecule has 2 aromatic heterocycles. The van der Waals surface area contributed by atoms with Crippen LogP contribution >= 0.6 is 11.3 Å². The van der Waals surface area contributed by atoms with Crippen molar-refractivity contribution >= 4 is 23.1 Å². The van der Waals surface area contributed by atoms with Crippen molar-refractivity contribution in [3.8, 4) is 33.1 Å². The fourth-order valence-corrected chi connectivity index (χ4v) is 5.23. The van der Waals surface area contributed by atoms with Gasteiger partial charge in [-0.05, 0) is 70.1 Å². The summed E-state index contributed by atoms with van der Waals surface area (Å²) < 4.78 is 12.2. The minimum Gasteiger partial charge on any atom is -0.493 e. The highest BCUT2D eigenvalue weighted by molar-refractivity contribution is 7.13. The quantitative estimate of drug-likeness (QED) is 0.221. The first-order valence-electron chi connectivity index (χ1n) is 13.4. The molecule has 0 atom stereocenters. The summed E-state index contributed by atoms with van der Waals surface area (Å²) in [6.07, 6.45) is 3.43. The van der Waals surface area contributed by atoms with Gasteiger partial charge in [0.15, 0.2) is 11.5 Å². The smallest absolute Gasteiger partial charge is 0.355 e. The summed E-state index contributed by atoms with van der Waals surface area (Å²) >= 11 is 1.65. The Labute approximate surface area is 238 Å². The zero-order valence-corrected chi connectivity index (χ0v) is 23.8. The number of hydrogen-bond acceptors (Lipinski definition) is 7. The summed E-state index contributed by atoms with van der Waals surface area (Å²) in [5.74, 6) is -0.170. The van der Waals surface area contributed by atoms with Gasteiger partial charge in [0.25, 0.3) is 0 Å². The highest BCUT2D eigenvalue weighted by Crippen LogP contribution is 2.43. The summed E-state index contributed by atoms with van der Waals surface area (Å²) in [5, 5.41) is 12.0. The van der Waals surface area contributed by atoms with Crippen LogP contribution in [-0.2, 0) is 19.6 Å². The van der Waals surface area contributed by atoms with Gasteiger partial charge in [0.1, 0.15) is 23.8 Å². The molecule has 0 saturated heterocycles. The summed E-state index contributed by atoms with van der Waals surface area (Å²) in [7, 11) is 0. The number of unbranched alkanes of at least 4 members (excludes halogenated alkanes) is 1. The van der Waals surface area contributed by atoms with Crippen LogP contribution in [0, 0.1) is 0 Å². The SMILES string of the molecule is CC(=O)c1ccc(-c2cc3c(cc2COc2ccc(CN)cc2)-c2sccc2CCO3)c(C(=O)O)n1.CCCC. The molecule has 3 N–H and O–H groups in total. The van der Waals surface area contributed by atoms with Crippen LogP contribution < -0.4 is 15.2 Å². The summed E-state index contributed by atoms with van der Waals surface area (Å²) in [5.41, 5.74) is 10.6. The van der Waals surface area contributed by atoms with Crippen LogP contribution in [-0.4, -0.2) is 28.4 Å². The van der Waals surface area contributed by atoms with Crippen molar-refractivity contribution in [3.05, 3.63) is 88.1 Å². The van der Waals surface area contributed by atoms with E-state index in [1.807, 2.05) is 36.4 Å². The number of aromatic carboxylic acids is 1. The molecule has 1 aliphatic heterocycles. The van der Waals surface area contributed by atoms with Crippen molar-refractivity contribution in [1.82, 2.24) is 4.98 Å². The molecule has 0 saturated carbocycles. The molecule has 0 aliphatic carbocycles. The molecule has 0 fully saturated rings. The van der Waals surface area contributed by atoms with Crippen molar-refractivity contribution in [2.75, 3.05) is 6.61 Å². The zero-order valence-electron chi connectivity index (χ0n) is 23.0. The Morgan fingerprint density at radius 1 is 1.02 bits per heavy atom. The molecule has 2 aromatic carbocycles. The average molecular weight is 559 g/mol. The molecule has 0 bridgehead atoms. The van der Waals surface area contributed by atoms with E-state index in [4.69, 9.17) is 15.2 Å². The highest BCUT2D eigenvalue weighted by Gasteiger charge is 2.24. The molecule has 40 heavy (non-hydrogen) atoms. The average Bonchev–Trinajstić information content (AvgIpc) is 3.37. The van der Waals surface area contributed by atoms with Gasteiger partial charge in [-0.15, -0.1) is 11.3 Å². The fraction of sp³-hybridized carbons (Fsp3) is 0.281. The van der Waals surface area contributed by atoms with Crippen LogP contribution in [0.15, 0.2) is 60.0 Å².